The Bertz CT molecular complexity index is 502. The van der Waals surface area contributed by atoms with E-state index in [0.29, 0.717) is 11.6 Å². The smallest absolute Gasteiger partial charge is 0.257 e. The third-order valence-electron chi connectivity index (χ3n) is 5.11. The minimum atomic E-state index is -0.0818. The second-order valence-electron chi connectivity index (χ2n) is 6.62. The molecule has 3 aliphatic heterocycles. The molecule has 0 radical (unpaired) electrons. The summed E-state index contributed by atoms with van der Waals surface area (Å²) in [6, 6.07) is 2.27. The molecule has 3 fully saturated rings. The van der Waals surface area contributed by atoms with E-state index < -0.39 is 0 Å². The number of furan rings is 1. The van der Waals surface area contributed by atoms with Crippen molar-refractivity contribution in [3.63, 3.8) is 0 Å². The van der Waals surface area contributed by atoms with Gasteiger partial charge in [0, 0.05) is 6.04 Å². The van der Waals surface area contributed by atoms with Gasteiger partial charge in [-0.1, -0.05) is 6.42 Å². The van der Waals surface area contributed by atoms with Crippen LogP contribution in [0.3, 0.4) is 0 Å². The number of piperidine rings is 1. The molecule has 0 aromatic carbocycles. The highest BCUT2D eigenvalue weighted by atomic mass is 16.5. The van der Waals surface area contributed by atoms with Gasteiger partial charge >= 0.3 is 0 Å². The van der Waals surface area contributed by atoms with E-state index in [-0.39, 0.29) is 11.5 Å². The van der Waals surface area contributed by atoms with Gasteiger partial charge in [-0.3, -0.25) is 9.69 Å². The standard InChI is InChI=1S/C16H22N2O3/c19-15(13-4-7-20-9-13)18-11-16(12-18)8-14(10-21-16)17-5-2-1-3-6-17/h4,7,9,14H,1-3,5-6,8,10-12H2. The molecule has 3 saturated heterocycles. The Balaban J connectivity index is 1.33. The quantitative estimate of drug-likeness (QED) is 0.832. The maximum Gasteiger partial charge on any atom is 0.257 e. The minimum absolute atomic E-state index is 0.0550. The van der Waals surface area contributed by atoms with Gasteiger partial charge in [0.1, 0.15) is 11.9 Å². The van der Waals surface area contributed by atoms with Gasteiger partial charge in [-0.2, -0.15) is 0 Å². The first kappa shape index (κ1) is 13.3. The van der Waals surface area contributed by atoms with E-state index >= 15 is 0 Å². The number of hydrogen-bond acceptors (Lipinski definition) is 4. The fraction of sp³-hybridized carbons (Fsp3) is 0.688. The molecule has 0 saturated carbocycles. The summed E-state index contributed by atoms with van der Waals surface area (Å²) in [5.41, 5.74) is 0.553. The van der Waals surface area contributed by atoms with Crippen LogP contribution in [-0.2, 0) is 4.74 Å². The predicted molar refractivity (Wildman–Crippen MR) is 77.1 cm³/mol. The lowest BCUT2D eigenvalue weighted by Crippen LogP contribution is -2.63. The van der Waals surface area contributed by atoms with Crippen LogP contribution in [0.5, 0.6) is 0 Å². The summed E-state index contributed by atoms with van der Waals surface area (Å²) in [6.45, 7) is 4.69. The Morgan fingerprint density at radius 1 is 1.24 bits per heavy atom. The third-order valence-corrected chi connectivity index (χ3v) is 5.11. The summed E-state index contributed by atoms with van der Waals surface area (Å²) < 4.78 is 11.1. The normalized spacial score (nSPS) is 28.8. The van der Waals surface area contributed by atoms with Crippen LogP contribution in [0.1, 0.15) is 36.0 Å². The van der Waals surface area contributed by atoms with Crippen molar-refractivity contribution in [2.45, 2.75) is 37.3 Å². The van der Waals surface area contributed by atoms with Gasteiger partial charge in [0.15, 0.2) is 0 Å². The first-order chi connectivity index (χ1) is 10.3. The zero-order chi connectivity index (χ0) is 14.3. The molecule has 1 atom stereocenters. The number of ether oxygens (including phenoxy) is 1. The Hall–Kier alpha value is -1.33. The number of rotatable bonds is 2. The summed E-state index contributed by atoms with van der Waals surface area (Å²) in [4.78, 5) is 16.7. The molecule has 1 unspecified atom stereocenters. The summed E-state index contributed by atoms with van der Waals surface area (Å²) in [7, 11) is 0. The maximum absolute atomic E-state index is 12.2. The van der Waals surface area contributed by atoms with Crippen molar-refractivity contribution in [2.75, 3.05) is 32.8 Å². The molecule has 0 bridgehead atoms. The predicted octanol–water partition coefficient (Wildman–Crippen LogP) is 1.75. The van der Waals surface area contributed by atoms with Crippen LogP contribution in [0.4, 0.5) is 0 Å². The van der Waals surface area contributed by atoms with Crippen molar-refractivity contribution in [1.82, 2.24) is 9.80 Å². The lowest BCUT2D eigenvalue weighted by Gasteiger charge is -2.47. The molecule has 0 N–H and O–H groups in total. The fourth-order valence-corrected chi connectivity index (χ4v) is 3.92. The molecule has 4 heterocycles. The summed E-state index contributed by atoms with van der Waals surface area (Å²) in [5, 5.41) is 0. The van der Waals surface area contributed by atoms with Gasteiger partial charge < -0.3 is 14.1 Å². The SMILES string of the molecule is O=C(c1ccoc1)N1CC2(CC(N3CCCCC3)CO2)C1. The van der Waals surface area contributed by atoms with Gasteiger partial charge in [0.2, 0.25) is 0 Å². The van der Waals surface area contributed by atoms with E-state index in [1.807, 2.05) is 4.90 Å². The van der Waals surface area contributed by atoms with Crippen molar-refractivity contribution in [1.29, 1.82) is 0 Å². The molecule has 1 amide bonds. The van der Waals surface area contributed by atoms with Crippen molar-refractivity contribution in [2.24, 2.45) is 0 Å². The van der Waals surface area contributed by atoms with E-state index in [1.165, 1.54) is 38.6 Å². The molecule has 1 spiro atoms. The Morgan fingerprint density at radius 2 is 2.05 bits per heavy atom. The second kappa shape index (κ2) is 5.14. The van der Waals surface area contributed by atoms with Crippen molar-refractivity contribution in [3.05, 3.63) is 24.2 Å². The van der Waals surface area contributed by atoms with Crippen LogP contribution < -0.4 is 0 Å². The maximum atomic E-state index is 12.2. The number of carbonyl (C=O) groups is 1. The highest BCUT2D eigenvalue weighted by Crippen LogP contribution is 2.38. The highest BCUT2D eigenvalue weighted by molar-refractivity contribution is 5.94. The summed E-state index contributed by atoms with van der Waals surface area (Å²) in [5.74, 6) is 0.0550. The highest BCUT2D eigenvalue weighted by Gasteiger charge is 2.52. The van der Waals surface area contributed by atoms with Gasteiger partial charge in [-0.05, 0) is 38.4 Å². The van der Waals surface area contributed by atoms with Gasteiger partial charge in [0.25, 0.3) is 5.91 Å². The topological polar surface area (TPSA) is 45.9 Å². The van der Waals surface area contributed by atoms with Crippen LogP contribution in [-0.4, -0.2) is 60.1 Å². The molecule has 1 aromatic rings. The van der Waals surface area contributed by atoms with Gasteiger partial charge in [-0.25, -0.2) is 0 Å². The van der Waals surface area contributed by atoms with Crippen LogP contribution >= 0.6 is 0 Å². The average Bonchev–Trinajstić information content (AvgIpc) is 3.15. The number of nitrogens with zero attached hydrogens (tertiary/aromatic N) is 2. The lowest BCUT2D eigenvalue weighted by atomic mass is 9.88. The van der Waals surface area contributed by atoms with Crippen molar-refractivity contribution < 1.29 is 13.9 Å². The van der Waals surface area contributed by atoms with Crippen LogP contribution in [0.15, 0.2) is 23.0 Å². The van der Waals surface area contributed by atoms with Gasteiger partial charge in [0.05, 0.1) is 31.5 Å². The van der Waals surface area contributed by atoms with Crippen LogP contribution in [0, 0.1) is 0 Å². The average molecular weight is 290 g/mol. The van der Waals surface area contributed by atoms with Gasteiger partial charge in [-0.15, -0.1) is 0 Å². The summed E-state index contributed by atoms with van der Waals surface area (Å²) >= 11 is 0. The monoisotopic (exact) mass is 290 g/mol. The molecular weight excluding hydrogens is 268 g/mol. The Kier molecular flexibility index (Phi) is 3.27. The number of likely N-dealkylation sites (tertiary alicyclic amines) is 2. The molecule has 3 aliphatic rings. The number of hydrogen-bond donors (Lipinski definition) is 0. The Morgan fingerprint density at radius 3 is 2.76 bits per heavy atom. The molecular formula is C16H22N2O3. The molecule has 4 rings (SSSR count). The molecule has 114 valence electrons. The van der Waals surface area contributed by atoms with E-state index in [9.17, 15) is 4.79 Å². The zero-order valence-corrected chi connectivity index (χ0v) is 12.3. The first-order valence-corrected chi connectivity index (χ1v) is 7.95. The molecule has 0 aliphatic carbocycles. The zero-order valence-electron chi connectivity index (χ0n) is 12.3. The molecule has 1 aromatic heterocycles. The largest absolute Gasteiger partial charge is 0.472 e. The fourth-order valence-electron chi connectivity index (χ4n) is 3.92. The van der Waals surface area contributed by atoms with E-state index in [0.717, 1.165) is 26.1 Å². The third kappa shape index (κ3) is 2.38. The van der Waals surface area contributed by atoms with E-state index in [4.69, 9.17) is 9.15 Å². The molecule has 5 heteroatoms. The number of amides is 1. The van der Waals surface area contributed by atoms with Crippen LogP contribution in [0.25, 0.3) is 0 Å². The molecule has 21 heavy (non-hydrogen) atoms. The minimum Gasteiger partial charge on any atom is -0.472 e. The van der Waals surface area contributed by atoms with Crippen LogP contribution in [0.2, 0.25) is 0 Å². The van der Waals surface area contributed by atoms with E-state index in [1.54, 1.807) is 12.3 Å². The number of carbonyl (C=O) groups excluding carboxylic acids is 1. The van der Waals surface area contributed by atoms with E-state index in [2.05, 4.69) is 4.90 Å². The second-order valence-corrected chi connectivity index (χ2v) is 6.62. The summed E-state index contributed by atoms with van der Waals surface area (Å²) in [6.07, 6.45) is 8.12. The van der Waals surface area contributed by atoms with Crippen molar-refractivity contribution in [3.8, 4) is 0 Å². The Labute approximate surface area is 124 Å². The first-order valence-electron chi connectivity index (χ1n) is 7.95. The van der Waals surface area contributed by atoms with Crippen molar-refractivity contribution >= 4 is 5.91 Å². The molecule has 5 nitrogen and oxygen atoms in total. The lowest BCUT2D eigenvalue weighted by molar-refractivity contribution is -0.0951.